The minimum Gasteiger partial charge on any atom is -0.497 e. The molecule has 3 rings (SSSR count). The number of hydrogen-bond acceptors (Lipinski definition) is 3. The molecule has 2 aromatic rings. The van der Waals surface area contributed by atoms with Crippen LogP contribution in [0.5, 0.6) is 5.75 Å². The van der Waals surface area contributed by atoms with Gasteiger partial charge in [0.15, 0.2) is 0 Å². The summed E-state index contributed by atoms with van der Waals surface area (Å²) in [7, 11) is 1.58. The van der Waals surface area contributed by atoms with Crippen molar-refractivity contribution in [3.63, 3.8) is 0 Å². The van der Waals surface area contributed by atoms with Crippen molar-refractivity contribution in [3.8, 4) is 5.75 Å². The minimum absolute atomic E-state index is 0.0185. The van der Waals surface area contributed by atoms with Gasteiger partial charge in [0.2, 0.25) is 11.8 Å². The predicted octanol–water partition coefficient (Wildman–Crippen LogP) is 3.25. The monoisotopic (exact) mass is 338 g/mol. The second-order valence-electron chi connectivity index (χ2n) is 6.15. The van der Waals surface area contributed by atoms with Crippen molar-refractivity contribution in [2.24, 2.45) is 5.92 Å². The van der Waals surface area contributed by atoms with Crippen LogP contribution in [0.1, 0.15) is 18.9 Å². The number of benzene rings is 2. The van der Waals surface area contributed by atoms with E-state index in [-0.39, 0.29) is 24.2 Å². The molecule has 1 saturated heterocycles. The highest BCUT2D eigenvalue weighted by Crippen LogP contribution is 2.27. The molecular formula is C20H22N2O3. The summed E-state index contributed by atoms with van der Waals surface area (Å²) in [5.74, 6) is 0.159. The zero-order chi connectivity index (χ0) is 17.8. The summed E-state index contributed by atoms with van der Waals surface area (Å²) in [5, 5.41) is 2.87. The summed E-state index contributed by atoms with van der Waals surface area (Å²) < 4.78 is 5.16. The van der Waals surface area contributed by atoms with Gasteiger partial charge < -0.3 is 15.0 Å². The molecule has 2 amide bonds. The van der Waals surface area contributed by atoms with Gasteiger partial charge in [0.25, 0.3) is 0 Å². The summed E-state index contributed by atoms with van der Waals surface area (Å²) >= 11 is 0. The van der Waals surface area contributed by atoms with Gasteiger partial charge in [-0.2, -0.15) is 0 Å². The lowest BCUT2D eigenvalue weighted by atomic mass is 10.1. The number of aryl methyl sites for hydroxylation is 1. The fourth-order valence-electron chi connectivity index (χ4n) is 2.99. The maximum atomic E-state index is 12.5. The Labute approximate surface area is 147 Å². The molecular weight excluding hydrogens is 316 g/mol. The van der Waals surface area contributed by atoms with Crippen LogP contribution in [0.25, 0.3) is 0 Å². The van der Waals surface area contributed by atoms with Crippen molar-refractivity contribution in [2.75, 3.05) is 23.9 Å². The Bertz CT molecular complexity index is 771. The third-order valence-electron chi connectivity index (χ3n) is 4.49. The number of carbonyl (C=O) groups is 2. The number of anilines is 2. The Hall–Kier alpha value is -2.82. The molecule has 2 aromatic carbocycles. The van der Waals surface area contributed by atoms with Crippen molar-refractivity contribution in [1.29, 1.82) is 0 Å². The Kier molecular flexibility index (Phi) is 5.03. The molecule has 1 aliphatic rings. The van der Waals surface area contributed by atoms with Gasteiger partial charge in [-0.3, -0.25) is 9.59 Å². The first kappa shape index (κ1) is 17.0. The maximum Gasteiger partial charge on any atom is 0.229 e. The summed E-state index contributed by atoms with van der Waals surface area (Å²) in [5.41, 5.74) is 2.74. The lowest BCUT2D eigenvalue weighted by molar-refractivity contribution is -0.122. The zero-order valence-electron chi connectivity index (χ0n) is 14.5. The molecule has 1 aliphatic heterocycles. The second-order valence-corrected chi connectivity index (χ2v) is 6.15. The molecule has 25 heavy (non-hydrogen) atoms. The van der Waals surface area contributed by atoms with E-state index < -0.39 is 0 Å². The van der Waals surface area contributed by atoms with Gasteiger partial charge in [0.05, 0.1) is 13.0 Å². The number of nitrogens with one attached hydrogen (secondary N) is 1. The number of amides is 2. The normalized spacial score (nSPS) is 16.8. The third-order valence-corrected chi connectivity index (χ3v) is 4.49. The van der Waals surface area contributed by atoms with Crippen LogP contribution in [-0.4, -0.2) is 25.5 Å². The standard InChI is InChI=1S/C20H22N2O3/c1-3-14-7-9-17(10-8-14)22-13-15(11-19(22)23)20(24)21-16-5-4-6-18(12-16)25-2/h4-10,12,15H,3,11,13H2,1-2H3,(H,21,24)/t15-/m1/s1. The lowest BCUT2D eigenvalue weighted by Gasteiger charge is -2.17. The predicted molar refractivity (Wildman–Crippen MR) is 97.9 cm³/mol. The summed E-state index contributed by atoms with van der Waals surface area (Å²) in [4.78, 5) is 26.5. The van der Waals surface area contributed by atoms with Crippen LogP contribution in [0.15, 0.2) is 48.5 Å². The molecule has 5 nitrogen and oxygen atoms in total. The van der Waals surface area contributed by atoms with Crippen LogP contribution in [0.3, 0.4) is 0 Å². The highest BCUT2D eigenvalue weighted by molar-refractivity contribution is 6.03. The maximum absolute atomic E-state index is 12.5. The van der Waals surface area contributed by atoms with Gasteiger partial charge in [-0.25, -0.2) is 0 Å². The van der Waals surface area contributed by atoms with Gasteiger partial charge in [-0.05, 0) is 36.2 Å². The highest BCUT2D eigenvalue weighted by atomic mass is 16.5. The fourth-order valence-corrected chi connectivity index (χ4v) is 2.99. The smallest absolute Gasteiger partial charge is 0.229 e. The van der Waals surface area contributed by atoms with Crippen LogP contribution in [-0.2, 0) is 16.0 Å². The van der Waals surface area contributed by atoms with Gasteiger partial charge in [-0.1, -0.05) is 25.1 Å². The molecule has 1 heterocycles. The van der Waals surface area contributed by atoms with Crippen LogP contribution < -0.4 is 15.0 Å². The number of rotatable bonds is 5. The van der Waals surface area contributed by atoms with Gasteiger partial charge >= 0.3 is 0 Å². The van der Waals surface area contributed by atoms with Crippen molar-refractivity contribution >= 4 is 23.2 Å². The number of hydrogen-bond donors (Lipinski definition) is 1. The van der Waals surface area contributed by atoms with Crippen LogP contribution in [0.2, 0.25) is 0 Å². The first-order valence-electron chi connectivity index (χ1n) is 8.45. The van der Waals surface area contributed by atoms with Crippen molar-refractivity contribution in [3.05, 3.63) is 54.1 Å². The summed E-state index contributed by atoms with van der Waals surface area (Å²) in [6, 6.07) is 15.1. The van der Waals surface area contributed by atoms with E-state index in [4.69, 9.17) is 4.74 Å². The Balaban J connectivity index is 1.67. The molecule has 0 spiro atoms. The molecule has 1 atom stereocenters. The van der Waals surface area contributed by atoms with Crippen LogP contribution >= 0.6 is 0 Å². The molecule has 5 heteroatoms. The molecule has 0 radical (unpaired) electrons. The SMILES string of the molecule is CCc1ccc(N2C[C@H](C(=O)Nc3cccc(OC)c3)CC2=O)cc1. The van der Waals surface area contributed by atoms with Crippen molar-refractivity contribution < 1.29 is 14.3 Å². The third kappa shape index (κ3) is 3.82. The fraction of sp³-hybridized carbons (Fsp3) is 0.300. The van der Waals surface area contributed by atoms with E-state index in [2.05, 4.69) is 12.2 Å². The summed E-state index contributed by atoms with van der Waals surface area (Å²) in [6.45, 7) is 2.50. The van der Waals surface area contributed by atoms with E-state index in [0.717, 1.165) is 12.1 Å². The molecule has 0 unspecified atom stereocenters. The number of carbonyl (C=O) groups excluding carboxylic acids is 2. The Morgan fingerprint density at radius 2 is 2.00 bits per heavy atom. The lowest BCUT2D eigenvalue weighted by Crippen LogP contribution is -2.28. The van der Waals surface area contributed by atoms with Crippen molar-refractivity contribution in [1.82, 2.24) is 0 Å². The average Bonchev–Trinajstić information content (AvgIpc) is 3.04. The van der Waals surface area contributed by atoms with E-state index in [1.165, 1.54) is 5.56 Å². The van der Waals surface area contributed by atoms with E-state index in [1.807, 2.05) is 36.4 Å². The first-order valence-corrected chi connectivity index (χ1v) is 8.45. The number of methoxy groups -OCH3 is 1. The second kappa shape index (κ2) is 7.38. The van der Waals surface area contributed by atoms with E-state index in [0.29, 0.717) is 18.0 Å². The number of nitrogens with zero attached hydrogens (tertiary/aromatic N) is 1. The minimum atomic E-state index is -0.357. The number of ether oxygens (including phenoxy) is 1. The summed E-state index contributed by atoms with van der Waals surface area (Å²) in [6.07, 6.45) is 1.19. The van der Waals surface area contributed by atoms with E-state index in [9.17, 15) is 9.59 Å². The molecule has 0 saturated carbocycles. The molecule has 0 aromatic heterocycles. The Morgan fingerprint density at radius 1 is 1.24 bits per heavy atom. The zero-order valence-corrected chi connectivity index (χ0v) is 14.5. The largest absolute Gasteiger partial charge is 0.497 e. The molecule has 1 N–H and O–H groups in total. The molecule has 1 fully saturated rings. The van der Waals surface area contributed by atoms with Crippen LogP contribution in [0, 0.1) is 5.92 Å². The van der Waals surface area contributed by atoms with E-state index >= 15 is 0 Å². The highest BCUT2D eigenvalue weighted by Gasteiger charge is 2.35. The van der Waals surface area contributed by atoms with Crippen molar-refractivity contribution in [2.45, 2.75) is 19.8 Å². The van der Waals surface area contributed by atoms with E-state index in [1.54, 1.807) is 24.1 Å². The average molecular weight is 338 g/mol. The first-order chi connectivity index (χ1) is 12.1. The molecule has 130 valence electrons. The van der Waals surface area contributed by atoms with Gasteiger partial charge in [0, 0.05) is 30.4 Å². The van der Waals surface area contributed by atoms with Gasteiger partial charge in [0.1, 0.15) is 5.75 Å². The molecule has 0 bridgehead atoms. The molecule has 0 aliphatic carbocycles. The quantitative estimate of drug-likeness (QED) is 0.910. The van der Waals surface area contributed by atoms with Gasteiger partial charge in [-0.15, -0.1) is 0 Å². The topological polar surface area (TPSA) is 58.6 Å². The Morgan fingerprint density at radius 3 is 2.68 bits per heavy atom. The van der Waals surface area contributed by atoms with Crippen LogP contribution in [0.4, 0.5) is 11.4 Å².